The van der Waals surface area contributed by atoms with E-state index >= 15 is 0 Å². The molecule has 0 saturated carbocycles. The monoisotopic (exact) mass is 492 g/mol. The number of amides is 1. The molecule has 0 aliphatic carbocycles. The van der Waals surface area contributed by atoms with E-state index in [0.717, 1.165) is 27.4 Å². The predicted molar refractivity (Wildman–Crippen MR) is 147 cm³/mol. The lowest BCUT2D eigenvalue weighted by Gasteiger charge is -2.23. The van der Waals surface area contributed by atoms with Crippen LogP contribution in [0.25, 0.3) is 21.7 Å². The van der Waals surface area contributed by atoms with Crippen LogP contribution >= 0.6 is 0 Å². The fourth-order valence-electron chi connectivity index (χ4n) is 4.34. The van der Waals surface area contributed by atoms with Crippen molar-refractivity contribution in [3.63, 3.8) is 0 Å². The number of fused-ring (bicyclic) bond motifs is 2. The van der Waals surface area contributed by atoms with Gasteiger partial charge in [0.25, 0.3) is 5.91 Å². The molecule has 4 aromatic carbocycles. The minimum atomic E-state index is -0.395. The van der Waals surface area contributed by atoms with Gasteiger partial charge in [-0.25, -0.2) is 4.79 Å². The number of carbonyl (C=O) groups excluding carboxylic acids is 1. The van der Waals surface area contributed by atoms with Gasteiger partial charge in [0.15, 0.2) is 6.61 Å². The second-order valence-electron chi connectivity index (χ2n) is 8.85. The van der Waals surface area contributed by atoms with Gasteiger partial charge in [-0.05, 0) is 47.0 Å². The van der Waals surface area contributed by atoms with Crippen molar-refractivity contribution in [2.75, 3.05) is 25.0 Å². The molecule has 5 aromatic rings. The topological polar surface area (TPSA) is 71.8 Å². The summed E-state index contributed by atoms with van der Waals surface area (Å²) < 4.78 is 11.1. The molecule has 0 aliphatic heterocycles. The third kappa shape index (κ3) is 6.16. The SMILES string of the molecule is O=C(COc1ccc2ccccc2c1)N(CCCNc1cc(=O)oc2ccccc12)Cc1ccccc1. The summed E-state index contributed by atoms with van der Waals surface area (Å²) in [6.45, 7) is 1.60. The van der Waals surface area contributed by atoms with E-state index in [1.165, 1.54) is 6.07 Å². The minimum absolute atomic E-state index is 0.0387. The number of nitrogens with one attached hydrogen (secondary N) is 1. The Bertz CT molecular complexity index is 1560. The van der Waals surface area contributed by atoms with E-state index in [0.29, 0.717) is 37.4 Å². The fraction of sp³-hybridized carbons (Fsp3) is 0.161. The number of nitrogens with zero attached hydrogens (tertiary/aromatic N) is 1. The lowest BCUT2D eigenvalue weighted by molar-refractivity contribution is -0.134. The Morgan fingerprint density at radius 2 is 1.59 bits per heavy atom. The van der Waals surface area contributed by atoms with Crippen LogP contribution in [0.15, 0.2) is 112 Å². The Balaban J connectivity index is 1.22. The van der Waals surface area contributed by atoms with E-state index in [1.807, 2.05) is 95.9 Å². The van der Waals surface area contributed by atoms with Crippen molar-refractivity contribution in [1.82, 2.24) is 4.90 Å². The molecule has 6 nitrogen and oxygen atoms in total. The average molecular weight is 493 g/mol. The Morgan fingerprint density at radius 1 is 0.838 bits per heavy atom. The average Bonchev–Trinajstić information content (AvgIpc) is 2.93. The highest BCUT2D eigenvalue weighted by molar-refractivity contribution is 5.89. The first-order valence-electron chi connectivity index (χ1n) is 12.4. The Morgan fingerprint density at radius 3 is 2.46 bits per heavy atom. The lowest BCUT2D eigenvalue weighted by Crippen LogP contribution is -2.36. The first-order chi connectivity index (χ1) is 18.2. The molecule has 0 bridgehead atoms. The van der Waals surface area contributed by atoms with Gasteiger partial charge >= 0.3 is 5.63 Å². The zero-order valence-corrected chi connectivity index (χ0v) is 20.4. The van der Waals surface area contributed by atoms with Gasteiger partial charge in [-0.3, -0.25) is 4.79 Å². The lowest BCUT2D eigenvalue weighted by atomic mass is 10.1. The highest BCUT2D eigenvalue weighted by Gasteiger charge is 2.15. The van der Waals surface area contributed by atoms with E-state index in [9.17, 15) is 9.59 Å². The maximum Gasteiger partial charge on any atom is 0.338 e. The second-order valence-corrected chi connectivity index (χ2v) is 8.85. The van der Waals surface area contributed by atoms with Crippen molar-refractivity contribution in [3.8, 4) is 5.75 Å². The predicted octanol–water partition coefficient (Wildman–Crippen LogP) is 5.86. The molecule has 37 heavy (non-hydrogen) atoms. The molecule has 0 aliphatic rings. The van der Waals surface area contributed by atoms with E-state index < -0.39 is 5.63 Å². The van der Waals surface area contributed by atoms with Crippen molar-refractivity contribution >= 4 is 33.3 Å². The van der Waals surface area contributed by atoms with Gasteiger partial charge in [-0.15, -0.1) is 0 Å². The quantitative estimate of drug-likeness (QED) is 0.195. The number of rotatable bonds is 10. The molecule has 5 rings (SSSR count). The smallest absolute Gasteiger partial charge is 0.338 e. The van der Waals surface area contributed by atoms with Gasteiger partial charge < -0.3 is 19.4 Å². The van der Waals surface area contributed by atoms with Crippen LogP contribution in [0, 0.1) is 0 Å². The molecule has 1 amide bonds. The molecule has 6 heteroatoms. The Hall–Kier alpha value is -4.58. The number of hydrogen-bond donors (Lipinski definition) is 1. The third-order valence-corrected chi connectivity index (χ3v) is 6.22. The summed E-state index contributed by atoms with van der Waals surface area (Å²) >= 11 is 0. The van der Waals surface area contributed by atoms with Gasteiger partial charge in [0.1, 0.15) is 11.3 Å². The number of hydrogen-bond acceptors (Lipinski definition) is 5. The molecule has 1 heterocycles. The molecule has 0 fully saturated rings. The van der Waals surface area contributed by atoms with E-state index in [4.69, 9.17) is 9.15 Å². The standard InChI is InChI=1S/C31H28N2O4/c34-30(22-36-26-16-15-24-11-4-5-12-25(24)19-26)33(21-23-9-2-1-3-10-23)18-8-17-32-28-20-31(35)37-29-14-7-6-13-27(28)29/h1-7,9-16,19-20,32H,8,17-18,21-22H2. The summed E-state index contributed by atoms with van der Waals surface area (Å²) in [6, 6.07) is 32.7. The molecule has 0 saturated heterocycles. The maximum absolute atomic E-state index is 13.2. The van der Waals surface area contributed by atoms with E-state index in [2.05, 4.69) is 5.32 Å². The molecule has 0 spiro atoms. The van der Waals surface area contributed by atoms with E-state index in [-0.39, 0.29) is 12.5 Å². The number of carbonyl (C=O) groups is 1. The summed E-state index contributed by atoms with van der Waals surface area (Å²) in [5.74, 6) is 0.589. The van der Waals surface area contributed by atoms with Crippen LogP contribution in [0.4, 0.5) is 5.69 Å². The number of ether oxygens (including phenoxy) is 1. The third-order valence-electron chi connectivity index (χ3n) is 6.22. The van der Waals surface area contributed by atoms with Crippen LogP contribution in [0.2, 0.25) is 0 Å². The normalized spacial score (nSPS) is 10.9. The first kappa shape index (κ1) is 24.1. The van der Waals surface area contributed by atoms with Crippen LogP contribution in [0.1, 0.15) is 12.0 Å². The zero-order valence-electron chi connectivity index (χ0n) is 20.4. The van der Waals surface area contributed by atoms with Gasteiger partial charge in [0.05, 0.1) is 5.69 Å². The summed E-state index contributed by atoms with van der Waals surface area (Å²) in [4.78, 5) is 26.9. The molecular weight excluding hydrogens is 464 g/mol. The Labute approximate surface area is 215 Å². The van der Waals surface area contributed by atoms with Crippen LogP contribution in [-0.2, 0) is 11.3 Å². The molecule has 0 radical (unpaired) electrons. The summed E-state index contributed by atoms with van der Waals surface area (Å²) in [7, 11) is 0. The molecular formula is C31H28N2O4. The molecule has 1 aromatic heterocycles. The van der Waals surface area contributed by atoms with Crippen molar-refractivity contribution in [3.05, 3.63) is 119 Å². The number of benzene rings is 4. The molecule has 0 atom stereocenters. The fourth-order valence-corrected chi connectivity index (χ4v) is 4.34. The first-order valence-corrected chi connectivity index (χ1v) is 12.4. The number of anilines is 1. The largest absolute Gasteiger partial charge is 0.484 e. The molecule has 186 valence electrons. The van der Waals surface area contributed by atoms with Crippen LogP contribution in [0.5, 0.6) is 5.75 Å². The van der Waals surface area contributed by atoms with Gasteiger partial charge in [0, 0.05) is 31.1 Å². The van der Waals surface area contributed by atoms with Crippen molar-refractivity contribution in [2.45, 2.75) is 13.0 Å². The summed E-state index contributed by atoms with van der Waals surface area (Å²) in [5, 5.41) is 6.38. The summed E-state index contributed by atoms with van der Waals surface area (Å²) in [5.41, 5.74) is 1.94. The van der Waals surface area contributed by atoms with Crippen LogP contribution in [-0.4, -0.2) is 30.5 Å². The highest BCUT2D eigenvalue weighted by atomic mass is 16.5. The Kier molecular flexibility index (Phi) is 7.46. The van der Waals surface area contributed by atoms with Crippen molar-refractivity contribution < 1.29 is 13.9 Å². The van der Waals surface area contributed by atoms with Crippen LogP contribution < -0.4 is 15.7 Å². The molecule has 0 unspecified atom stereocenters. The zero-order chi connectivity index (χ0) is 25.5. The maximum atomic E-state index is 13.2. The van der Waals surface area contributed by atoms with Crippen molar-refractivity contribution in [2.24, 2.45) is 0 Å². The minimum Gasteiger partial charge on any atom is -0.484 e. The van der Waals surface area contributed by atoms with Gasteiger partial charge in [-0.2, -0.15) is 0 Å². The van der Waals surface area contributed by atoms with Gasteiger partial charge in [0.2, 0.25) is 0 Å². The summed E-state index contributed by atoms with van der Waals surface area (Å²) in [6.07, 6.45) is 0.698. The second kappa shape index (κ2) is 11.4. The number of para-hydroxylation sites is 1. The van der Waals surface area contributed by atoms with Gasteiger partial charge in [-0.1, -0.05) is 72.8 Å². The highest BCUT2D eigenvalue weighted by Crippen LogP contribution is 2.22. The molecule has 1 N–H and O–H groups in total. The van der Waals surface area contributed by atoms with Crippen molar-refractivity contribution in [1.29, 1.82) is 0 Å². The van der Waals surface area contributed by atoms with E-state index in [1.54, 1.807) is 6.07 Å². The van der Waals surface area contributed by atoms with Crippen LogP contribution in [0.3, 0.4) is 0 Å².